The zero-order valence-electron chi connectivity index (χ0n) is 26.6. The summed E-state index contributed by atoms with van der Waals surface area (Å²) in [6.07, 6.45) is 0.243. The van der Waals surface area contributed by atoms with Crippen molar-refractivity contribution in [2.24, 2.45) is 0 Å². The van der Waals surface area contributed by atoms with Crippen LogP contribution in [0.1, 0.15) is 48.4 Å². The SMILES string of the molecule is CCC(=O)N[C@H]1C[C@@H](n2cnc3c(NCC(c4ccccc4)c4ccc(F)cc4)nc(N[C@H](CO)Cc4ccccc4)nc32)[C@H](O)[C@@H]1O. The summed E-state index contributed by atoms with van der Waals surface area (Å²) in [6.45, 7) is 1.94. The highest BCUT2D eigenvalue weighted by Gasteiger charge is 2.43. The van der Waals surface area contributed by atoms with Crippen LogP contribution in [0.25, 0.3) is 11.2 Å². The lowest BCUT2D eigenvalue weighted by Crippen LogP contribution is -2.42. The predicted molar refractivity (Wildman–Crippen MR) is 181 cm³/mol. The van der Waals surface area contributed by atoms with Gasteiger partial charge in [0, 0.05) is 18.9 Å². The average Bonchev–Trinajstić information content (AvgIpc) is 3.65. The van der Waals surface area contributed by atoms with Crippen molar-refractivity contribution in [1.29, 1.82) is 0 Å². The quantitative estimate of drug-likeness (QED) is 0.111. The summed E-state index contributed by atoms with van der Waals surface area (Å²) < 4.78 is 15.6. The first-order valence-electron chi connectivity index (χ1n) is 16.2. The standard InChI is InChI=1S/C36H40FN7O4/c1-2-30(46)41-28-18-29(33(48)32(28)47)44-21-39-31-34(38-19-27(23-11-7-4-8-12-23)24-13-15-25(37)16-14-24)42-36(43-35(31)44)40-26(20-45)17-22-9-5-3-6-10-22/h3-16,21,26-29,32-33,45,47-48H,2,17-20H2,1H3,(H,41,46)(H2,38,40,42,43)/t26-,27?,28-,29+,32+,33-/m0/s1. The van der Waals surface area contributed by atoms with Gasteiger partial charge in [-0.3, -0.25) is 4.79 Å². The van der Waals surface area contributed by atoms with E-state index in [1.807, 2.05) is 60.7 Å². The largest absolute Gasteiger partial charge is 0.394 e. The number of aromatic nitrogens is 4. The maximum absolute atomic E-state index is 13.9. The van der Waals surface area contributed by atoms with Crippen LogP contribution < -0.4 is 16.0 Å². The summed E-state index contributed by atoms with van der Waals surface area (Å²) in [5, 5.41) is 41.7. The summed E-state index contributed by atoms with van der Waals surface area (Å²) >= 11 is 0. The van der Waals surface area contributed by atoms with Gasteiger partial charge in [0.25, 0.3) is 0 Å². The van der Waals surface area contributed by atoms with Gasteiger partial charge in [0.1, 0.15) is 18.0 Å². The molecule has 1 saturated carbocycles. The van der Waals surface area contributed by atoms with Crippen molar-refractivity contribution in [1.82, 2.24) is 24.8 Å². The molecule has 6 rings (SSSR count). The third-order valence-corrected chi connectivity index (χ3v) is 8.92. The normalized spacial score (nSPS) is 20.4. The van der Waals surface area contributed by atoms with Crippen LogP contribution in [0, 0.1) is 5.82 Å². The fourth-order valence-electron chi connectivity index (χ4n) is 6.33. The number of fused-ring (bicyclic) bond motifs is 1. The molecule has 12 heteroatoms. The molecule has 6 N–H and O–H groups in total. The number of benzene rings is 3. The monoisotopic (exact) mass is 653 g/mol. The van der Waals surface area contributed by atoms with Gasteiger partial charge < -0.3 is 35.8 Å². The minimum atomic E-state index is -1.18. The Kier molecular flexibility index (Phi) is 10.2. The summed E-state index contributed by atoms with van der Waals surface area (Å²) in [7, 11) is 0. The molecule has 1 unspecified atom stereocenters. The smallest absolute Gasteiger partial charge is 0.227 e. The Morgan fingerprint density at radius 1 is 0.958 bits per heavy atom. The van der Waals surface area contributed by atoms with E-state index < -0.39 is 30.3 Å². The molecule has 48 heavy (non-hydrogen) atoms. The second-order valence-corrected chi connectivity index (χ2v) is 12.1. The molecule has 0 radical (unpaired) electrons. The first kappa shape index (κ1) is 33.0. The van der Waals surface area contributed by atoms with E-state index in [1.54, 1.807) is 30.0 Å². The first-order chi connectivity index (χ1) is 23.3. The molecule has 0 aliphatic heterocycles. The Morgan fingerprint density at radius 2 is 1.65 bits per heavy atom. The van der Waals surface area contributed by atoms with E-state index in [1.165, 1.54) is 12.1 Å². The highest BCUT2D eigenvalue weighted by molar-refractivity contribution is 5.84. The van der Waals surface area contributed by atoms with E-state index in [4.69, 9.17) is 9.97 Å². The Hall–Kier alpha value is -4.91. The second-order valence-electron chi connectivity index (χ2n) is 12.1. The van der Waals surface area contributed by atoms with Crippen molar-refractivity contribution in [2.45, 2.75) is 62.4 Å². The Bertz CT molecular complexity index is 1810. The summed E-state index contributed by atoms with van der Waals surface area (Å²) in [6, 6.07) is 24.4. The Balaban J connectivity index is 1.36. The highest BCUT2D eigenvalue weighted by Crippen LogP contribution is 2.35. The van der Waals surface area contributed by atoms with Crippen LogP contribution in [-0.4, -0.2) is 78.2 Å². The van der Waals surface area contributed by atoms with Gasteiger partial charge in [0.2, 0.25) is 11.9 Å². The molecule has 250 valence electrons. The number of imidazole rings is 1. The lowest BCUT2D eigenvalue weighted by Gasteiger charge is -2.21. The van der Waals surface area contributed by atoms with Crippen LogP contribution in [0.3, 0.4) is 0 Å². The van der Waals surface area contributed by atoms with E-state index in [0.29, 0.717) is 29.9 Å². The number of nitrogens with zero attached hydrogens (tertiary/aromatic N) is 4. The molecule has 2 heterocycles. The van der Waals surface area contributed by atoms with Crippen LogP contribution in [-0.2, 0) is 11.2 Å². The number of hydrogen-bond acceptors (Lipinski definition) is 9. The minimum Gasteiger partial charge on any atom is -0.394 e. The summed E-state index contributed by atoms with van der Waals surface area (Å²) in [5.41, 5.74) is 3.82. The Morgan fingerprint density at radius 3 is 2.33 bits per heavy atom. The van der Waals surface area contributed by atoms with Gasteiger partial charge >= 0.3 is 0 Å². The van der Waals surface area contributed by atoms with Crippen molar-refractivity contribution in [3.05, 3.63) is 114 Å². The van der Waals surface area contributed by atoms with Gasteiger partial charge in [-0.05, 0) is 41.7 Å². The first-order valence-corrected chi connectivity index (χ1v) is 16.2. The molecule has 5 aromatic rings. The van der Waals surface area contributed by atoms with E-state index in [2.05, 4.69) is 20.9 Å². The number of aliphatic hydroxyl groups is 3. The Labute approximate surface area is 277 Å². The fourth-order valence-corrected chi connectivity index (χ4v) is 6.33. The fraction of sp³-hybridized carbons (Fsp3) is 0.333. The van der Waals surface area contributed by atoms with Gasteiger partial charge in [-0.1, -0.05) is 79.7 Å². The van der Waals surface area contributed by atoms with Crippen molar-refractivity contribution < 1.29 is 24.5 Å². The number of aliphatic hydroxyl groups excluding tert-OH is 3. The molecule has 2 aromatic heterocycles. The van der Waals surface area contributed by atoms with Gasteiger partial charge in [0.05, 0.1) is 31.1 Å². The third kappa shape index (κ3) is 7.30. The van der Waals surface area contributed by atoms with Crippen LogP contribution >= 0.6 is 0 Å². The van der Waals surface area contributed by atoms with Crippen LogP contribution in [0.15, 0.2) is 91.3 Å². The maximum Gasteiger partial charge on any atom is 0.227 e. The van der Waals surface area contributed by atoms with Crippen molar-refractivity contribution >= 4 is 28.8 Å². The number of carbonyl (C=O) groups excluding carboxylic acids is 1. The molecule has 1 aliphatic carbocycles. The number of rotatable bonds is 13. The number of carbonyl (C=O) groups is 1. The van der Waals surface area contributed by atoms with Gasteiger partial charge in [-0.2, -0.15) is 9.97 Å². The molecule has 11 nitrogen and oxygen atoms in total. The minimum absolute atomic E-state index is 0.159. The number of anilines is 2. The van der Waals surface area contributed by atoms with Crippen LogP contribution in [0.2, 0.25) is 0 Å². The maximum atomic E-state index is 13.9. The van der Waals surface area contributed by atoms with Gasteiger partial charge in [-0.15, -0.1) is 0 Å². The average molecular weight is 654 g/mol. The molecule has 1 fully saturated rings. The zero-order chi connectivity index (χ0) is 33.6. The molecule has 6 atom stereocenters. The molecule has 1 amide bonds. The number of amides is 1. The lowest BCUT2D eigenvalue weighted by atomic mass is 9.91. The van der Waals surface area contributed by atoms with Gasteiger partial charge in [-0.25, -0.2) is 9.37 Å². The van der Waals surface area contributed by atoms with Crippen molar-refractivity contribution in [3.8, 4) is 0 Å². The van der Waals surface area contributed by atoms with E-state index in [-0.39, 0.29) is 43.0 Å². The molecule has 1 aliphatic rings. The topological polar surface area (TPSA) is 157 Å². The molecule has 3 aromatic carbocycles. The lowest BCUT2D eigenvalue weighted by molar-refractivity contribution is -0.122. The molecular weight excluding hydrogens is 613 g/mol. The van der Waals surface area contributed by atoms with E-state index in [9.17, 15) is 24.5 Å². The molecule has 0 bridgehead atoms. The number of halogens is 1. The summed E-state index contributed by atoms with van der Waals surface area (Å²) in [5.74, 6) is -0.0336. The molecule has 0 spiro atoms. The van der Waals surface area contributed by atoms with Crippen LogP contribution in [0.4, 0.5) is 16.2 Å². The van der Waals surface area contributed by atoms with Crippen molar-refractivity contribution in [3.63, 3.8) is 0 Å². The predicted octanol–water partition coefficient (Wildman–Crippen LogP) is 3.79. The highest BCUT2D eigenvalue weighted by atomic mass is 19.1. The van der Waals surface area contributed by atoms with Crippen molar-refractivity contribution in [2.75, 3.05) is 23.8 Å². The number of hydrogen-bond donors (Lipinski definition) is 6. The summed E-state index contributed by atoms with van der Waals surface area (Å²) in [4.78, 5) is 26.3. The number of nitrogens with one attached hydrogen (secondary N) is 3. The van der Waals surface area contributed by atoms with Gasteiger partial charge in [0.15, 0.2) is 17.0 Å². The zero-order valence-corrected chi connectivity index (χ0v) is 26.6. The van der Waals surface area contributed by atoms with Crippen LogP contribution in [0.5, 0.6) is 0 Å². The second kappa shape index (κ2) is 14.9. The molecular formula is C36H40FN7O4. The molecule has 0 saturated heterocycles. The third-order valence-electron chi connectivity index (χ3n) is 8.92. The van der Waals surface area contributed by atoms with E-state index >= 15 is 0 Å². The van der Waals surface area contributed by atoms with E-state index in [0.717, 1.165) is 16.7 Å².